The second-order valence-electron chi connectivity index (χ2n) is 7.34. The highest BCUT2D eigenvalue weighted by Crippen LogP contribution is 2.31. The molecule has 1 saturated carbocycles. The number of ether oxygens (including phenoxy) is 1. The number of carbonyl (C=O) groups excluding carboxylic acids is 1. The first-order valence-electron chi connectivity index (χ1n) is 9.83. The number of anilines is 1. The maximum Gasteiger partial charge on any atom is 0.228 e. The van der Waals surface area contributed by atoms with E-state index in [1.807, 2.05) is 72.9 Å². The van der Waals surface area contributed by atoms with Gasteiger partial charge < -0.3 is 10.1 Å². The summed E-state index contributed by atoms with van der Waals surface area (Å²) in [4.78, 5) is 12.0. The molecule has 5 heteroatoms. The Labute approximate surface area is 168 Å². The molecule has 4 aromatic rings. The zero-order chi connectivity index (χ0) is 19.6. The largest absolute Gasteiger partial charge is 0.489 e. The SMILES string of the molecule is O=C(Nc1cc2c(-c3ccc(OCc4ccccc4)cc3)cccn2n1)C1CC1. The average molecular weight is 383 g/mol. The van der Waals surface area contributed by atoms with Gasteiger partial charge in [0.05, 0.1) is 5.52 Å². The third-order valence-corrected chi connectivity index (χ3v) is 5.11. The minimum atomic E-state index is 0.0647. The molecule has 2 aromatic heterocycles. The maximum atomic E-state index is 12.0. The lowest BCUT2D eigenvalue weighted by Crippen LogP contribution is -2.13. The van der Waals surface area contributed by atoms with E-state index in [-0.39, 0.29) is 11.8 Å². The minimum absolute atomic E-state index is 0.0647. The van der Waals surface area contributed by atoms with Crippen LogP contribution in [0, 0.1) is 5.92 Å². The van der Waals surface area contributed by atoms with E-state index in [0.29, 0.717) is 12.4 Å². The topological polar surface area (TPSA) is 55.6 Å². The molecule has 5 nitrogen and oxygen atoms in total. The van der Waals surface area contributed by atoms with E-state index in [0.717, 1.165) is 40.8 Å². The van der Waals surface area contributed by atoms with Gasteiger partial charge in [-0.25, -0.2) is 4.52 Å². The lowest BCUT2D eigenvalue weighted by Gasteiger charge is -2.08. The van der Waals surface area contributed by atoms with Gasteiger partial charge in [0.15, 0.2) is 5.82 Å². The monoisotopic (exact) mass is 383 g/mol. The molecule has 144 valence electrons. The third-order valence-electron chi connectivity index (χ3n) is 5.11. The Morgan fingerprint density at radius 3 is 2.59 bits per heavy atom. The van der Waals surface area contributed by atoms with E-state index in [4.69, 9.17) is 4.74 Å². The predicted octanol–water partition coefficient (Wildman–Crippen LogP) is 4.93. The second kappa shape index (κ2) is 7.43. The van der Waals surface area contributed by atoms with Crippen molar-refractivity contribution in [2.45, 2.75) is 19.4 Å². The van der Waals surface area contributed by atoms with Crippen LogP contribution < -0.4 is 10.1 Å². The van der Waals surface area contributed by atoms with Gasteiger partial charge in [0.1, 0.15) is 12.4 Å². The zero-order valence-electron chi connectivity index (χ0n) is 15.9. The van der Waals surface area contributed by atoms with Crippen LogP contribution in [0.2, 0.25) is 0 Å². The number of nitrogens with one attached hydrogen (secondary N) is 1. The molecule has 1 N–H and O–H groups in total. The van der Waals surface area contributed by atoms with Gasteiger partial charge in [0.25, 0.3) is 0 Å². The van der Waals surface area contributed by atoms with Gasteiger partial charge in [-0.05, 0) is 42.2 Å². The van der Waals surface area contributed by atoms with Crippen molar-refractivity contribution in [2.24, 2.45) is 5.92 Å². The van der Waals surface area contributed by atoms with Crippen LogP contribution in [0.4, 0.5) is 5.82 Å². The molecule has 0 atom stereocenters. The molecule has 1 amide bonds. The van der Waals surface area contributed by atoms with Crippen molar-refractivity contribution >= 4 is 17.2 Å². The molecule has 0 unspecified atom stereocenters. The fraction of sp³-hybridized carbons (Fsp3) is 0.167. The number of pyridine rings is 1. The number of benzene rings is 2. The van der Waals surface area contributed by atoms with Crippen LogP contribution in [-0.2, 0) is 11.4 Å². The molecule has 29 heavy (non-hydrogen) atoms. The van der Waals surface area contributed by atoms with E-state index in [1.165, 1.54) is 0 Å². The highest BCUT2D eigenvalue weighted by atomic mass is 16.5. The van der Waals surface area contributed by atoms with Crippen molar-refractivity contribution in [3.63, 3.8) is 0 Å². The summed E-state index contributed by atoms with van der Waals surface area (Å²) in [6, 6.07) is 24.1. The van der Waals surface area contributed by atoms with Gasteiger partial charge in [0, 0.05) is 23.7 Å². The Kier molecular flexibility index (Phi) is 4.48. The number of fused-ring (bicyclic) bond motifs is 1. The minimum Gasteiger partial charge on any atom is -0.489 e. The summed E-state index contributed by atoms with van der Waals surface area (Å²) in [7, 11) is 0. The lowest BCUT2D eigenvalue weighted by molar-refractivity contribution is -0.117. The van der Waals surface area contributed by atoms with Crippen LogP contribution >= 0.6 is 0 Å². The van der Waals surface area contributed by atoms with Crippen molar-refractivity contribution in [1.29, 1.82) is 0 Å². The summed E-state index contributed by atoms with van der Waals surface area (Å²) in [5.74, 6) is 1.64. The van der Waals surface area contributed by atoms with Gasteiger partial charge in [-0.3, -0.25) is 4.79 Å². The number of aromatic nitrogens is 2. The van der Waals surface area contributed by atoms with E-state index in [9.17, 15) is 4.79 Å². The molecule has 0 spiro atoms. The normalized spacial score (nSPS) is 13.4. The Hall–Kier alpha value is -3.60. The van der Waals surface area contributed by atoms with Crippen LogP contribution in [0.5, 0.6) is 5.75 Å². The number of carbonyl (C=O) groups is 1. The Bertz CT molecular complexity index is 1150. The lowest BCUT2D eigenvalue weighted by atomic mass is 10.1. The van der Waals surface area contributed by atoms with Crippen molar-refractivity contribution in [1.82, 2.24) is 9.61 Å². The molecule has 2 aromatic carbocycles. The fourth-order valence-corrected chi connectivity index (χ4v) is 3.37. The summed E-state index contributed by atoms with van der Waals surface area (Å²) in [5, 5.41) is 7.41. The number of rotatable bonds is 6. The van der Waals surface area contributed by atoms with Gasteiger partial charge in [-0.1, -0.05) is 48.5 Å². The third kappa shape index (κ3) is 3.85. The molecule has 0 saturated heterocycles. The van der Waals surface area contributed by atoms with E-state index in [2.05, 4.69) is 16.5 Å². The van der Waals surface area contributed by atoms with Crippen molar-refractivity contribution in [3.05, 3.63) is 84.6 Å². The molecule has 0 aliphatic heterocycles. The Morgan fingerprint density at radius 1 is 1.03 bits per heavy atom. The first kappa shape index (κ1) is 17.5. The molecule has 1 fully saturated rings. The summed E-state index contributed by atoms with van der Waals surface area (Å²) in [5.41, 5.74) is 4.22. The van der Waals surface area contributed by atoms with Crippen molar-refractivity contribution in [3.8, 4) is 16.9 Å². The molecule has 0 bridgehead atoms. The fourth-order valence-electron chi connectivity index (χ4n) is 3.37. The molecular formula is C24H21N3O2. The molecular weight excluding hydrogens is 362 g/mol. The average Bonchev–Trinajstić information content (AvgIpc) is 3.53. The number of hydrogen-bond acceptors (Lipinski definition) is 3. The molecule has 1 aliphatic rings. The summed E-state index contributed by atoms with van der Waals surface area (Å²) in [6.45, 7) is 0.544. The predicted molar refractivity (Wildman–Crippen MR) is 113 cm³/mol. The van der Waals surface area contributed by atoms with E-state index in [1.54, 1.807) is 4.52 Å². The summed E-state index contributed by atoms with van der Waals surface area (Å²) >= 11 is 0. The molecule has 2 heterocycles. The number of nitrogens with zero attached hydrogens (tertiary/aromatic N) is 2. The number of hydrogen-bond donors (Lipinski definition) is 1. The van der Waals surface area contributed by atoms with Crippen molar-refractivity contribution < 1.29 is 9.53 Å². The van der Waals surface area contributed by atoms with Crippen LogP contribution in [0.3, 0.4) is 0 Å². The quantitative estimate of drug-likeness (QED) is 0.514. The zero-order valence-corrected chi connectivity index (χ0v) is 15.9. The smallest absolute Gasteiger partial charge is 0.228 e. The summed E-state index contributed by atoms with van der Waals surface area (Å²) < 4.78 is 7.68. The second-order valence-corrected chi connectivity index (χ2v) is 7.34. The van der Waals surface area contributed by atoms with Gasteiger partial charge in [-0.15, -0.1) is 0 Å². The van der Waals surface area contributed by atoms with E-state index < -0.39 is 0 Å². The van der Waals surface area contributed by atoms with Gasteiger partial charge in [0.2, 0.25) is 5.91 Å². The van der Waals surface area contributed by atoms with E-state index >= 15 is 0 Å². The highest BCUT2D eigenvalue weighted by Gasteiger charge is 2.30. The van der Waals surface area contributed by atoms with Crippen LogP contribution in [0.1, 0.15) is 18.4 Å². The van der Waals surface area contributed by atoms with Gasteiger partial charge >= 0.3 is 0 Å². The van der Waals surface area contributed by atoms with Crippen LogP contribution in [-0.4, -0.2) is 15.5 Å². The Morgan fingerprint density at radius 2 is 1.83 bits per heavy atom. The van der Waals surface area contributed by atoms with Crippen LogP contribution in [0.25, 0.3) is 16.6 Å². The first-order chi connectivity index (χ1) is 14.3. The van der Waals surface area contributed by atoms with Crippen molar-refractivity contribution in [2.75, 3.05) is 5.32 Å². The standard InChI is InChI=1S/C24H21N3O2/c28-24(19-8-9-19)25-23-15-22-21(7-4-14-27(22)26-23)18-10-12-20(13-11-18)29-16-17-5-2-1-3-6-17/h1-7,10-15,19H,8-9,16H2,(H,25,26,28). The molecule has 1 aliphatic carbocycles. The molecule has 0 radical (unpaired) electrons. The first-order valence-corrected chi connectivity index (χ1v) is 9.83. The molecule has 5 rings (SSSR count). The maximum absolute atomic E-state index is 12.0. The number of amides is 1. The van der Waals surface area contributed by atoms with Gasteiger partial charge in [-0.2, -0.15) is 5.10 Å². The summed E-state index contributed by atoms with van der Waals surface area (Å²) in [6.07, 6.45) is 3.84. The highest BCUT2D eigenvalue weighted by molar-refractivity contribution is 5.94. The Balaban J connectivity index is 1.35. The van der Waals surface area contributed by atoms with Crippen LogP contribution in [0.15, 0.2) is 79.0 Å².